The fourth-order valence-electron chi connectivity index (χ4n) is 5.76. The van der Waals surface area contributed by atoms with E-state index in [0.717, 1.165) is 27.7 Å². The fourth-order valence-corrected chi connectivity index (χ4v) is 5.95. The van der Waals surface area contributed by atoms with Gasteiger partial charge in [-0.05, 0) is 68.5 Å². The number of nitrogens with one attached hydrogen (secondary N) is 3. The van der Waals surface area contributed by atoms with Crippen molar-refractivity contribution in [2.75, 3.05) is 57.1 Å². The molecular weight excluding hydrogens is 576 g/mol. The first kappa shape index (κ1) is 31.2. The zero-order valence-electron chi connectivity index (χ0n) is 25.8. The van der Waals surface area contributed by atoms with Crippen LogP contribution in [0.1, 0.15) is 30.9 Å². The van der Waals surface area contributed by atoms with Gasteiger partial charge in [-0.25, -0.2) is 4.79 Å². The molecule has 232 valence electrons. The molecule has 2 atom stereocenters. The van der Waals surface area contributed by atoms with Crippen LogP contribution in [0, 0.1) is 0 Å². The van der Waals surface area contributed by atoms with Crippen LogP contribution in [-0.2, 0) is 11.3 Å². The first-order chi connectivity index (χ1) is 21.2. The highest BCUT2D eigenvalue weighted by Crippen LogP contribution is 2.31. The van der Waals surface area contributed by atoms with Gasteiger partial charge in [0.05, 0.1) is 12.3 Å². The molecule has 9 nitrogen and oxygen atoms in total. The van der Waals surface area contributed by atoms with Crippen molar-refractivity contribution in [2.24, 2.45) is 0 Å². The Labute approximate surface area is 264 Å². The quantitative estimate of drug-likeness (QED) is 0.206. The molecule has 2 heterocycles. The Morgan fingerprint density at radius 1 is 1.02 bits per heavy atom. The Morgan fingerprint density at radius 3 is 2.52 bits per heavy atom. The third kappa shape index (κ3) is 7.29. The van der Waals surface area contributed by atoms with Gasteiger partial charge in [-0.15, -0.1) is 0 Å². The lowest BCUT2D eigenvalue weighted by atomic mass is 9.92. The summed E-state index contributed by atoms with van der Waals surface area (Å²) in [5.74, 6) is -0.0506. The van der Waals surface area contributed by atoms with Gasteiger partial charge in [0.2, 0.25) is 5.91 Å². The number of nitrogens with zero attached hydrogens (tertiary/aromatic N) is 3. The normalized spacial score (nSPS) is 14.9. The Balaban J connectivity index is 1.38. The summed E-state index contributed by atoms with van der Waals surface area (Å²) in [5, 5.41) is 7.89. The fraction of sp³-hybridized carbons (Fsp3) is 0.353. The Kier molecular flexibility index (Phi) is 9.97. The second kappa shape index (κ2) is 14.1. The van der Waals surface area contributed by atoms with Gasteiger partial charge in [-0.1, -0.05) is 48.9 Å². The zero-order chi connectivity index (χ0) is 31.2. The maximum absolute atomic E-state index is 14.1. The van der Waals surface area contributed by atoms with Gasteiger partial charge in [0.15, 0.2) is 0 Å². The molecular formula is C34H41ClN6O3. The minimum absolute atomic E-state index is 0.269. The molecule has 0 saturated carbocycles. The summed E-state index contributed by atoms with van der Waals surface area (Å²) in [6.07, 6.45) is 1.93. The Bertz CT molecular complexity index is 1600. The van der Waals surface area contributed by atoms with E-state index in [1.807, 2.05) is 101 Å². The van der Waals surface area contributed by atoms with Crippen molar-refractivity contribution in [3.8, 4) is 5.75 Å². The number of H-pyrrole nitrogens is 1. The minimum Gasteiger partial charge on any atom is -0.492 e. The van der Waals surface area contributed by atoms with Gasteiger partial charge in [-0.2, -0.15) is 0 Å². The molecule has 1 aromatic heterocycles. The van der Waals surface area contributed by atoms with E-state index < -0.39 is 6.04 Å². The molecule has 1 saturated heterocycles. The van der Waals surface area contributed by atoms with Crippen molar-refractivity contribution >= 4 is 45.8 Å². The highest BCUT2D eigenvalue weighted by Gasteiger charge is 2.32. The molecule has 1 fully saturated rings. The van der Waals surface area contributed by atoms with Crippen LogP contribution in [0.25, 0.3) is 10.9 Å². The van der Waals surface area contributed by atoms with Crippen LogP contribution in [0.5, 0.6) is 5.75 Å². The predicted molar refractivity (Wildman–Crippen MR) is 178 cm³/mol. The maximum atomic E-state index is 14.1. The van der Waals surface area contributed by atoms with Gasteiger partial charge in [0.25, 0.3) is 0 Å². The monoisotopic (exact) mass is 616 g/mol. The van der Waals surface area contributed by atoms with Crippen LogP contribution in [-0.4, -0.2) is 79.6 Å². The van der Waals surface area contributed by atoms with Crippen molar-refractivity contribution in [3.63, 3.8) is 0 Å². The number of carbonyl (C=O) groups is 2. The van der Waals surface area contributed by atoms with E-state index in [2.05, 4.69) is 25.4 Å². The SMILES string of the molecule is CCOc1ccc(CN(C)C)cc1NC(=O)[C@H](NC(=O)N1CCN(c2cccc(Cl)c2)CC1)[C@H](C)c1c[nH]c2ccccc12. The van der Waals surface area contributed by atoms with Gasteiger partial charge in [0.1, 0.15) is 11.8 Å². The molecule has 0 spiro atoms. The molecule has 44 heavy (non-hydrogen) atoms. The van der Waals surface area contributed by atoms with Crippen molar-refractivity contribution in [3.05, 3.63) is 89.1 Å². The summed E-state index contributed by atoms with van der Waals surface area (Å²) in [6, 6.07) is 20.4. The molecule has 0 radical (unpaired) electrons. The Hall–Kier alpha value is -4.21. The first-order valence-electron chi connectivity index (χ1n) is 15.1. The minimum atomic E-state index is -0.848. The van der Waals surface area contributed by atoms with Crippen LogP contribution < -0.4 is 20.3 Å². The number of para-hydroxylation sites is 1. The molecule has 1 aliphatic rings. The maximum Gasteiger partial charge on any atom is 0.318 e. The molecule has 0 aliphatic carbocycles. The molecule has 3 amide bonds. The molecule has 10 heteroatoms. The molecule has 0 bridgehead atoms. The molecule has 3 aromatic carbocycles. The number of aromatic nitrogens is 1. The number of rotatable bonds is 10. The lowest BCUT2D eigenvalue weighted by Crippen LogP contribution is -2.56. The van der Waals surface area contributed by atoms with Crippen molar-refractivity contribution in [1.82, 2.24) is 20.1 Å². The summed E-state index contributed by atoms with van der Waals surface area (Å²) < 4.78 is 5.86. The molecule has 3 N–H and O–H groups in total. The van der Waals surface area contributed by atoms with Crippen molar-refractivity contribution in [2.45, 2.75) is 32.4 Å². The van der Waals surface area contributed by atoms with Gasteiger partial charge >= 0.3 is 6.03 Å². The number of amides is 3. The smallest absolute Gasteiger partial charge is 0.318 e. The number of urea groups is 1. The average molecular weight is 617 g/mol. The average Bonchev–Trinajstić information content (AvgIpc) is 3.45. The van der Waals surface area contributed by atoms with E-state index in [0.29, 0.717) is 55.8 Å². The van der Waals surface area contributed by atoms with Crippen LogP contribution >= 0.6 is 11.6 Å². The van der Waals surface area contributed by atoms with Crippen LogP contribution in [0.4, 0.5) is 16.2 Å². The summed E-state index contributed by atoms with van der Waals surface area (Å²) >= 11 is 6.20. The first-order valence-corrected chi connectivity index (χ1v) is 15.4. The number of hydrogen-bond donors (Lipinski definition) is 3. The second-order valence-corrected chi connectivity index (χ2v) is 11.9. The summed E-state index contributed by atoms with van der Waals surface area (Å²) in [6.45, 7) is 7.44. The highest BCUT2D eigenvalue weighted by atomic mass is 35.5. The number of hydrogen-bond acceptors (Lipinski definition) is 5. The lowest BCUT2D eigenvalue weighted by molar-refractivity contribution is -0.118. The number of anilines is 2. The molecule has 4 aromatic rings. The number of fused-ring (bicyclic) bond motifs is 1. The second-order valence-electron chi connectivity index (χ2n) is 11.4. The number of benzene rings is 3. The Morgan fingerprint density at radius 2 is 1.80 bits per heavy atom. The lowest BCUT2D eigenvalue weighted by Gasteiger charge is -2.37. The third-order valence-corrected chi connectivity index (χ3v) is 8.25. The summed E-state index contributed by atoms with van der Waals surface area (Å²) in [7, 11) is 4.00. The number of ether oxygens (including phenoxy) is 1. The van der Waals surface area contributed by atoms with Gasteiger partial charge in [0, 0.05) is 66.5 Å². The number of carbonyl (C=O) groups excluding carboxylic acids is 2. The summed E-state index contributed by atoms with van der Waals surface area (Å²) in [5.41, 5.74) is 4.59. The standard InChI is InChI=1S/C34H41ClN6O3/c1-5-44-31-14-13-24(22-39(3)4)19-30(31)37-33(42)32(23(2)28-21-36-29-12-7-6-11-27(28)29)38-34(43)41-17-15-40(16-18-41)26-10-8-9-25(35)20-26/h6-14,19-21,23,32,36H,5,15-18,22H2,1-4H3,(H,37,42)(H,38,43)/t23-,32-/m1/s1. The molecule has 5 rings (SSSR count). The molecule has 0 unspecified atom stereocenters. The predicted octanol–water partition coefficient (Wildman–Crippen LogP) is 5.92. The van der Waals surface area contributed by atoms with Crippen molar-refractivity contribution in [1.29, 1.82) is 0 Å². The largest absolute Gasteiger partial charge is 0.492 e. The zero-order valence-corrected chi connectivity index (χ0v) is 26.5. The number of aromatic amines is 1. The van der Waals surface area contributed by atoms with E-state index in [9.17, 15) is 9.59 Å². The molecule has 1 aliphatic heterocycles. The van der Waals surface area contributed by atoms with Crippen LogP contribution in [0.2, 0.25) is 5.02 Å². The highest BCUT2D eigenvalue weighted by molar-refractivity contribution is 6.30. The van der Waals surface area contributed by atoms with E-state index in [-0.39, 0.29) is 17.9 Å². The number of halogens is 1. The van der Waals surface area contributed by atoms with E-state index in [4.69, 9.17) is 16.3 Å². The van der Waals surface area contributed by atoms with Gasteiger partial charge < -0.3 is 35.1 Å². The third-order valence-electron chi connectivity index (χ3n) is 8.01. The number of piperazine rings is 1. The van der Waals surface area contributed by atoms with Gasteiger partial charge in [-0.3, -0.25) is 4.79 Å². The van der Waals surface area contributed by atoms with E-state index in [1.54, 1.807) is 4.90 Å². The van der Waals surface area contributed by atoms with E-state index in [1.165, 1.54) is 0 Å². The summed E-state index contributed by atoms with van der Waals surface area (Å²) in [4.78, 5) is 37.2. The van der Waals surface area contributed by atoms with Crippen LogP contribution in [0.15, 0.2) is 72.9 Å². The topological polar surface area (TPSA) is 92.9 Å². The van der Waals surface area contributed by atoms with E-state index >= 15 is 0 Å². The van der Waals surface area contributed by atoms with Crippen molar-refractivity contribution < 1.29 is 14.3 Å². The van der Waals surface area contributed by atoms with Crippen LogP contribution in [0.3, 0.4) is 0 Å².